The number of ether oxygens (including phenoxy) is 1. The summed E-state index contributed by atoms with van der Waals surface area (Å²) in [6.07, 6.45) is 3.96. The molecule has 1 aliphatic rings. The molecule has 0 saturated heterocycles. The molecule has 0 fully saturated rings. The maximum Gasteiger partial charge on any atom is 0.435 e. The van der Waals surface area contributed by atoms with Gasteiger partial charge in [0.2, 0.25) is 5.84 Å². The van der Waals surface area contributed by atoms with E-state index in [1.54, 1.807) is 20.2 Å². The Balaban J connectivity index is 2.04. The topological polar surface area (TPSA) is 81.8 Å². The van der Waals surface area contributed by atoms with Crippen LogP contribution >= 0.6 is 11.6 Å². The zero-order chi connectivity index (χ0) is 18.9. The molecule has 8 nitrogen and oxygen atoms in total. The Morgan fingerprint density at radius 3 is 2.85 bits per heavy atom. The second-order valence-electron chi connectivity index (χ2n) is 6.81. The summed E-state index contributed by atoms with van der Waals surface area (Å²) < 4.78 is 7.45. The van der Waals surface area contributed by atoms with Gasteiger partial charge >= 0.3 is 6.09 Å². The third kappa shape index (κ3) is 3.80. The summed E-state index contributed by atoms with van der Waals surface area (Å²) in [4.78, 5) is 21.9. The molecule has 0 saturated carbocycles. The molecule has 26 heavy (non-hydrogen) atoms. The summed E-state index contributed by atoms with van der Waals surface area (Å²) >= 11 is 6.47. The van der Waals surface area contributed by atoms with E-state index in [1.807, 2.05) is 19.9 Å². The molecule has 1 amide bonds. The Morgan fingerprint density at radius 2 is 2.19 bits per heavy atom. The molecule has 1 aromatic heterocycles. The average Bonchev–Trinajstić information content (AvgIpc) is 3.09. The summed E-state index contributed by atoms with van der Waals surface area (Å²) in [7, 11) is 3.13. The lowest BCUT2D eigenvalue weighted by Gasteiger charge is -2.33. The first-order valence-electron chi connectivity index (χ1n) is 8.10. The molecule has 3 rings (SSSR count). The molecular formula is C17H20ClN5O3. The van der Waals surface area contributed by atoms with E-state index in [-0.39, 0.29) is 11.4 Å². The minimum atomic E-state index is -0.617. The van der Waals surface area contributed by atoms with Gasteiger partial charge in [-0.25, -0.2) is 9.78 Å². The van der Waals surface area contributed by atoms with Crippen molar-refractivity contribution in [3.05, 3.63) is 40.9 Å². The number of rotatable bonds is 2. The fourth-order valence-corrected chi connectivity index (χ4v) is 2.81. The Bertz CT molecular complexity index is 846. The van der Waals surface area contributed by atoms with E-state index in [0.717, 1.165) is 24.2 Å². The van der Waals surface area contributed by atoms with E-state index in [9.17, 15) is 4.79 Å². The minimum Gasteiger partial charge on any atom is -0.488 e. The largest absolute Gasteiger partial charge is 0.488 e. The summed E-state index contributed by atoms with van der Waals surface area (Å²) in [6, 6.07) is 3.64. The predicted molar refractivity (Wildman–Crippen MR) is 96.6 cm³/mol. The molecule has 0 bridgehead atoms. The highest BCUT2D eigenvalue weighted by molar-refractivity contribution is 6.34. The molecule has 1 aliphatic heterocycles. The van der Waals surface area contributed by atoms with Crippen LogP contribution in [0, 0.1) is 0 Å². The maximum atomic E-state index is 11.7. The van der Waals surface area contributed by atoms with E-state index in [2.05, 4.69) is 15.2 Å². The molecule has 2 aromatic rings. The molecule has 0 N–H and O–H groups in total. The van der Waals surface area contributed by atoms with Crippen molar-refractivity contribution in [1.29, 1.82) is 0 Å². The number of aromatic nitrogens is 3. The van der Waals surface area contributed by atoms with Crippen molar-refractivity contribution in [3.8, 4) is 5.75 Å². The molecular weight excluding hydrogens is 358 g/mol. The molecule has 0 aliphatic carbocycles. The van der Waals surface area contributed by atoms with E-state index >= 15 is 0 Å². The number of benzene rings is 1. The normalized spacial score (nSPS) is 15.8. The first-order chi connectivity index (χ1) is 12.3. The number of hydrogen-bond donors (Lipinski definition) is 0. The molecule has 1 aromatic carbocycles. The molecule has 138 valence electrons. The van der Waals surface area contributed by atoms with Gasteiger partial charge in [0.1, 0.15) is 24.0 Å². The quantitative estimate of drug-likeness (QED) is 0.348. The number of amides is 1. The van der Waals surface area contributed by atoms with Crippen LogP contribution in [-0.4, -0.2) is 51.3 Å². The van der Waals surface area contributed by atoms with Crippen LogP contribution in [0.2, 0.25) is 5.02 Å². The smallest absolute Gasteiger partial charge is 0.435 e. The lowest BCUT2D eigenvalue weighted by atomic mass is 9.93. The van der Waals surface area contributed by atoms with Crippen LogP contribution < -0.4 is 4.74 Å². The Morgan fingerprint density at radius 1 is 1.42 bits per heavy atom. The van der Waals surface area contributed by atoms with Gasteiger partial charge in [-0.3, -0.25) is 4.84 Å². The SMILES string of the molecule is CN(C)C(=O)O/N=C(/c1cc2c(cc1Cl)CCC(C)(C)O2)n1cncn1. The number of halogens is 1. The van der Waals surface area contributed by atoms with Gasteiger partial charge in [-0.1, -0.05) is 16.8 Å². The molecule has 2 heterocycles. The first kappa shape index (κ1) is 18.2. The molecule has 0 spiro atoms. The fourth-order valence-electron chi connectivity index (χ4n) is 2.54. The molecule has 0 atom stereocenters. The highest BCUT2D eigenvalue weighted by Crippen LogP contribution is 2.36. The second kappa shape index (κ2) is 6.95. The van der Waals surface area contributed by atoms with Crippen molar-refractivity contribution < 1.29 is 14.4 Å². The van der Waals surface area contributed by atoms with Crippen molar-refractivity contribution in [2.75, 3.05) is 14.1 Å². The molecule has 9 heteroatoms. The zero-order valence-electron chi connectivity index (χ0n) is 15.1. The first-order valence-corrected chi connectivity index (χ1v) is 8.48. The number of fused-ring (bicyclic) bond motifs is 1. The second-order valence-corrected chi connectivity index (χ2v) is 7.22. The van der Waals surface area contributed by atoms with Gasteiger partial charge in [0, 0.05) is 19.7 Å². The lowest BCUT2D eigenvalue weighted by molar-refractivity contribution is 0.0847. The number of aryl methyl sites for hydroxylation is 1. The van der Waals surface area contributed by atoms with Gasteiger partial charge in [0.05, 0.1) is 5.02 Å². The van der Waals surface area contributed by atoms with Crippen molar-refractivity contribution in [3.63, 3.8) is 0 Å². The highest BCUT2D eigenvalue weighted by atomic mass is 35.5. The third-order valence-electron chi connectivity index (χ3n) is 3.98. The Hall–Kier alpha value is -2.61. The van der Waals surface area contributed by atoms with Gasteiger partial charge in [0.15, 0.2) is 0 Å². The van der Waals surface area contributed by atoms with Crippen molar-refractivity contribution >= 4 is 23.5 Å². The Labute approximate surface area is 156 Å². The number of hydrogen-bond acceptors (Lipinski definition) is 6. The van der Waals surface area contributed by atoms with Crippen molar-refractivity contribution in [2.24, 2.45) is 5.16 Å². The third-order valence-corrected chi connectivity index (χ3v) is 4.30. The highest BCUT2D eigenvalue weighted by Gasteiger charge is 2.28. The number of oxime groups is 1. The van der Waals surface area contributed by atoms with Gasteiger partial charge in [0.25, 0.3) is 0 Å². The maximum absolute atomic E-state index is 11.7. The zero-order valence-corrected chi connectivity index (χ0v) is 15.8. The van der Waals surface area contributed by atoms with E-state index in [0.29, 0.717) is 10.6 Å². The van der Waals surface area contributed by atoms with Gasteiger partial charge in [-0.2, -0.15) is 9.78 Å². The number of nitrogens with zero attached hydrogens (tertiary/aromatic N) is 5. The Kier molecular flexibility index (Phi) is 4.86. The molecule has 0 radical (unpaired) electrons. The van der Waals surface area contributed by atoms with E-state index in [1.165, 1.54) is 22.2 Å². The van der Waals surface area contributed by atoms with Crippen molar-refractivity contribution in [1.82, 2.24) is 19.7 Å². The van der Waals surface area contributed by atoms with Crippen LogP contribution in [0.25, 0.3) is 0 Å². The van der Waals surface area contributed by atoms with Crippen LogP contribution in [0.1, 0.15) is 31.4 Å². The van der Waals surface area contributed by atoms with Gasteiger partial charge in [-0.15, -0.1) is 0 Å². The number of carbonyl (C=O) groups excluding carboxylic acids is 1. The van der Waals surface area contributed by atoms with Crippen LogP contribution in [0.5, 0.6) is 5.75 Å². The van der Waals surface area contributed by atoms with Gasteiger partial charge < -0.3 is 9.64 Å². The van der Waals surface area contributed by atoms with E-state index < -0.39 is 6.09 Å². The lowest BCUT2D eigenvalue weighted by Crippen LogP contribution is -2.32. The summed E-state index contributed by atoms with van der Waals surface area (Å²) in [6.45, 7) is 4.07. The van der Waals surface area contributed by atoms with Crippen molar-refractivity contribution in [2.45, 2.75) is 32.3 Å². The minimum absolute atomic E-state index is 0.234. The monoisotopic (exact) mass is 377 g/mol. The van der Waals surface area contributed by atoms with Crippen LogP contribution in [-0.2, 0) is 11.3 Å². The van der Waals surface area contributed by atoms with Crippen LogP contribution in [0.15, 0.2) is 29.9 Å². The van der Waals surface area contributed by atoms with E-state index in [4.69, 9.17) is 21.2 Å². The van der Waals surface area contributed by atoms with Crippen LogP contribution in [0.4, 0.5) is 4.79 Å². The fraction of sp³-hybridized carbons (Fsp3) is 0.412. The predicted octanol–water partition coefficient (Wildman–Crippen LogP) is 2.94. The summed E-state index contributed by atoms with van der Waals surface area (Å²) in [5.41, 5.74) is 1.29. The molecule has 0 unspecified atom stereocenters. The summed E-state index contributed by atoms with van der Waals surface area (Å²) in [5, 5.41) is 8.48. The average molecular weight is 378 g/mol. The summed E-state index contributed by atoms with van der Waals surface area (Å²) in [5.74, 6) is 0.963. The standard InChI is InChI=1S/C17H20ClN5O3/c1-17(2)6-5-11-7-13(18)12(8-14(11)25-17)15(23-10-19-9-20-23)21-26-16(24)22(3)4/h7-10H,5-6H2,1-4H3/b21-15-. The number of carbonyl (C=O) groups is 1. The van der Waals surface area contributed by atoms with Gasteiger partial charge in [-0.05, 0) is 44.4 Å². The van der Waals surface area contributed by atoms with Crippen LogP contribution in [0.3, 0.4) is 0 Å².